The SMILES string of the molecule is Oc1ccc(O[n+]2csc3ccccc32)cc1. The Morgan fingerprint density at radius 3 is 2.59 bits per heavy atom. The summed E-state index contributed by atoms with van der Waals surface area (Å²) in [5.41, 5.74) is 2.95. The van der Waals surface area contributed by atoms with E-state index in [0.717, 1.165) is 5.52 Å². The molecule has 0 saturated heterocycles. The van der Waals surface area contributed by atoms with E-state index in [1.165, 1.54) is 4.70 Å². The van der Waals surface area contributed by atoms with Crippen LogP contribution in [0.5, 0.6) is 11.5 Å². The highest BCUT2D eigenvalue weighted by Crippen LogP contribution is 2.18. The minimum absolute atomic E-state index is 0.234. The molecule has 0 spiro atoms. The van der Waals surface area contributed by atoms with Crippen LogP contribution in [0.15, 0.2) is 54.0 Å². The Labute approximate surface area is 102 Å². The van der Waals surface area contributed by atoms with Gasteiger partial charge in [-0.05, 0) is 30.3 Å². The molecule has 1 aromatic heterocycles. The minimum Gasteiger partial charge on any atom is -0.508 e. The summed E-state index contributed by atoms with van der Waals surface area (Å²) < 4.78 is 2.90. The molecule has 0 aliphatic carbocycles. The average molecular weight is 244 g/mol. The first-order valence-electron chi connectivity index (χ1n) is 5.18. The van der Waals surface area contributed by atoms with Crippen molar-refractivity contribution < 1.29 is 14.7 Å². The lowest BCUT2D eigenvalue weighted by molar-refractivity contribution is -0.851. The molecule has 0 atom stereocenters. The molecule has 4 heteroatoms. The first kappa shape index (κ1) is 10.1. The zero-order chi connectivity index (χ0) is 11.7. The van der Waals surface area contributed by atoms with Crippen molar-refractivity contribution >= 4 is 21.6 Å². The quantitative estimate of drug-likeness (QED) is 0.703. The van der Waals surface area contributed by atoms with Crippen LogP contribution >= 0.6 is 11.3 Å². The Balaban J connectivity index is 1.97. The highest BCUT2D eigenvalue weighted by molar-refractivity contribution is 7.16. The predicted octanol–water partition coefficient (Wildman–Crippen LogP) is 2.74. The second kappa shape index (κ2) is 4.07. The summed E-state index contributed by atoms with van der Waals surface area (Å²) in [5.74, 6) is 0.925. The molecular weight excluding hydrogens is 234 g/mol. The van der Waals surface area contributed by atoms with Gasteiger partial charge in [0, 0.05) is 10.8 Å². The van der Waals surface area contributed by atoms with Crippen molar-refractivity contribution in [1.29, 1.82) is 0 Å². The number of phenolic OH excluding ortho intramolecular Hbond substituents is 1. The van der Waals surface area contributed by atoms with Crippen molar-refractivity contribution in [2.24, 2.45) is 0 Å². The van der Waals surface area contributed by atoms with E-state index in [1.807, 2.05) is 23.7 Å². The summed E-state index contributed by atoms with van der Waals surface area (Å²) in [6, 6.07) is 14.7. The molecule has 0 amide bonds. The van der Waals surface area contributed by atoms with E-state index >= 15 is 0 Å². The summed E-state index contributed by atoms with van der Waals surface area (Å²) in [4.78, 5) is 5.70. The molecular formula is C13H10NO2S+. The molecule has 0 saturated carbocycles. The minimum atomic E-state index is 0.234. The molecule has 0 unspecified atom stereocenters. The van der Waals surface area contributed by atoms with E-state index in [2.05, 4.69) is 6.07 Å². The number of hydrogen-bond donors (Lipinski definition) is 1. The van der Waals surface area contributed by atoms with Gasteiger partial charge in [0.1, 0.15) is 10.4 Å². The Morgan fingerprint density at radius 2 is 1.76 bits per heavy atom. The smallest absolute Gasteiger partial charge is 0.278 e. The molecule has 17 heavy (non-hydrogen) atoms. The first-order valence-corrected chi connectivity index (χ1v) is 6.06. The summed E-state index contributed by atoms with van der Waals surface area (Å²) in [6.45, 7) is 0. The highest BCUT2D eigenvalue weighted by atomic mass is 32.1. The first-order chi connectivity index (χ1) is 8.33. The molecule has 0 bridgehead atoms. The fourth-order valence-corrected chi connectivity index (χ4v) is 2.39. The molecule has 3 rings (SSSR count). The number of fused-ring (bicyclic) bond motifs is 1. The van der Waals surface area contributed by atoms with Crippen molar-refractivity contribution in [2.75, 3.05) is 0 Å². The molecule has 84 valence electrons. The van der Waals surface area contributed by atoms with E-state index < -0.39 is 0 Å². The Hall–Kier alpha value is -2.07. The predicted molar refractivity (Wildman–Crippen MR) is 66.2 cm³/mol. The van der Waals surface area contributed by atoms with E-state index in [1.54, 1.807) is 40.3 Å². The van der Waals surface area contributed by atoms with Gasteiger partial charge in [0.2, 0.25) is 5.75 Å². The number of aromatic hydroxyl groups is 1. The summed E-state index contributed by atoms with van der Waals surface area (Å²) >= 11 is 1.62. The third-order valence-electron chi connectivity index (χ3n) is 2.42. The molecule has 1 heterocycles. The van der Waals surface area contributed by atoms with Crippen LogP contribution in [0.3, 0.4) is 0 Å². The molecule has 0 fully saturated rings. The van der Waals surface area contributed by atoms with Gasteiger partial charge in [-0.1, -0.05) is 23.5 Å². The number of benzene rings is 2. The maximum atomic E-state index is 9.19. The van der Waals surface area contributed by atoms with E-state index in [4.69, 9.17) is 4.84 Å². The Morgan fingerprint density at radius 1 is 1.00 bits per heavy atom. The van der Waals surface area contributed by atoms with Gasteiger partial charge in [0.25, 0.3) is 11.0 Å². The summed E-state index contributed by atoms with van der Waals surface area (Å²) in [6.07, 6.45) is 0. The van der Waals surface area contributed by atoms with Crippen LogP contribution in [0.4, 0.5) is 0 Å². The number of phenols is 1. The highest BCUT2D eigenvalue weighted by Gasteiger charge is 2.13. The van der Waals surface area contributed by atoms with Crippen LogP contribution in [0.25, 0.3) is 10.2 Å². The Kier molecular flexibility index (Phi) is 2.42. The van der Waals surface area contributed by atoms with Crippen molar-refractivity contribution in [3.8, 4) is 11.5 Å². The second-order valence-corrected chi connectivity index (χ2v) is 4.49. The van der Waals surface area contributed by atoms with Crippen molar-refractivity contribution in [3.05, 3.63) is 54.0 Å². The monoisotopic (exact) mass is 244 g/mol. The standard InChI is InChI=1S/C13H9NO2S/c15-10-5-7-11(8-6-10)16-14-9-17-13-4-2-1-3-12(13)14/h1-9H/p+1. The topological polar surface area (TPSA) is 33.3 Å². The summed E-state index contributed by atoms with van der Waals surface area (Å²) in [7, 11) is 0. The fourth-order valence-electron chi connectivity index (χ4n) is 1.59. The van der Waals surface area contributed by atoms with Crippen molar-refractivity contribution in [2.45, 2.75) is 0 Å². The van der Waals surface area contributed by atoms with Crippen LogP contribution in [-0.2, 0) is 0 Å². The molecule has 1 N–H and O–H groups in total. The van der Waals surface area contributed by atoms with Gasteiger partial charge in [-0.3, -0.25) is 0 Å². The lowest BCUT2D eigenvalue weighted by Gasteiger charge is -1.96. The lowest BCUT2D eigenvalue weighted by atomic mass is 10.3. The van der Waals surface area contributed by atoms with Gasteiger partial charge in [-0.15, -0.1) is 0 Å². The van der Waals surface area contributed by atoms with Gasteiger partial charge in [-0.25, -0.2) is 4.84 Å². The van der Waals surface area contributed by atoms with Gasteiger partial charge in [0.15, 0.2) is 0 Å². The van der Waals surface area contributed by atoms with E-state index in [0.29, 0.717) is 5.75 Å². The largest absolute Gasteiger partial charge is 0.508 e. The number of rotatable bonds is 2. The third kappa shape index (κ3) is 1.94. The van der Waals surface area contributed by atoms with Crippen LogP contribution in [-0.4, -0.2) is 5.11 Å². The number of aromatic nitrogens is 1. The Bertz CT molecular complexity index is 646. The van der Waals surface area contributed by atoms with Crippen LogP contribution in [0, 0.1) is 0 Å². The van der Waals surface area contributed by atoms with Gasteiger partial charge in [-0.2, -0.15) is 0 Å². The zero-order valence-corrected chi connectivity index (χ0v) is 9.72. The van der Waals surface area contributed by atoms with E-state index in [-0.39, 0.29) is 5.75 Å². The summed E-state index contributed by atoms with van der Waals surface area (Å²) in [5, 5.41) is 9.19. The third-order valence-corrected chi connectivity index (χ3v) is 3.31. The molecule has 0 aliphatic rings. The maximum absolute atomic E-state index is 9.19. The lowest BCUT2D eigenvalue weighted by Crippen LogP contribution is -2.37. The number of hydrogen-bond acceptors (Lipinski definition) is 3. The fraction of sp³-hybridized carbons (Fsp3) is 0. The molecule has 2 aromatic carbocycles. The van der Waals surface area contributed by atoms with Gasteiger partial charge < -0.3 is 5.11 Å². The molecule has 0 aliphatic heterocycles. The number of nitrogens with zero attached hydrogens (tertiary/aromatic N) is 1. The van der Waals surface area contributed by atoms with Gasteiger partial charge in [0.05, 0.1) is 0 Å². The van der Waals surface area contributed by atoms with Crippen LogP contribution < -0.4 is 9.57 Å². The zero-order valence-electron chi connectivity index (χ0n) is 8.91. The second-order valence-electron chi connectivity index (χ2n) is 3.60. The van der Waals surface area contributed by atoms with Crippen LogP contribution in [0.2, 0.25) is 0 Å². The molecule has 0 radical (unpaired) electrons. The average Bonchev–Trinajstić information content (AvgIpc) is 2.76. The van der Waals surface area contributed by atoms with Crippen molar-refractivity contribution in [3.63, 3.8) is 0 Å². The number of para-hydroxylation sites is 1. The molecule has 3 nitrogen and oxygen atoms in total. The normalized spacial score (nSPS) is 10.6. The van der Waals surface area contributed by atoms with Gasteiger partial charge >= 0.3 is 0 Å². The number of thiazole rings is 1. The van der Waals surface area contributed by atoms with E-state index in [9.17, 15) is 5.11 Å². The molecule has 3 aromatic rings. The van der Waals surface area contributed by atoms with Crippen LogP contribution in [0.1, 0.15) is 0 Å². The maximum Gasteiger partial charge on any atom is 0.278 e. The van der Waals surface area contributed by atoms with Crippen molar-refractivity contribution in [1.82, 2.24) is 0 Å².